The van der Waals surface area contributed by atoms with Crippen LogP contribution in [0.5, 0.6) is 0 Å². The molecule has 4 heteroatoms. The fourth-order valence-electron chi connectivity index (χ4n) is 1.24. The molecule has 1 aromatic rings. The van der Waals surface area contributed by atoms with E-state index in [2.05, 4.69) is 22.6 Å². The number of amidine groups is 1. The van der Waals surface area contributed by atoms with Crippen LogP contribution in [-0.2, 0) is 18.0 Å². The smallest absolute Gasteiger partial charge is 0.142 e. The van der Waals surface area contributed by atoms with Crippen LogP contribution in [-0.4, -0.2) is 12.9 Å². The molecule has 0 saturated heterocycles. The highest BCUT2D eigenvalue weighted by molar-refractivity contribution is 5.76. The summed E-state index contributed by atoms with van der Waals surface area (Å²) in [6.07, 6.45) is 0. The molecule has 0 heterocycles. The van der Waals surface area contributed by atoms with E-state index < -0.39 is 0 Å². The highest BCUT2D eigenvalue weighted by Crippen LogP contribution is 2.06. The SMILES string of the molecule is CNCc1cccc(CO/N=C(/C)N)c1. The number of nitrogens with two attached hydrogens (primary N) is 1. The summed E-state index contributed by atoms with van der Waals surface area (Å²) in [7, 11) is 1.92. The van der Waals surface area contributed by atoms with Gasteiger partial charge in [0.15, 0.2) is 0 Å². The molecule has 0 aliphatic carbocycles. The molecule has 0 atom stereocenters. The van der Waals surface area contributed by atoms with Crippen molar-refractivity contribution in [2.75, 3.05) is 7.05 Å². The minimum absolute atomic E-state index is 0.432. The molecule has 0 saturated carbocycles. The predicted octanol–water partition coefficient (Wildman–Crippen LogP) is 1.21. The van der Waals surface area contributed by atoms with Crippen LogP contribution in [0.25, 0.3) is 0 Å². The maximum Gasteiger partial charge on any atom is 0.142 e. The van der Waals surface area contributed by atoms with Crippen LogP contribution >= 0.6 is 0 Å². The van der Waals surface area contributed by atoms with Gasteiger partial charge in [-0.3, -0.25) is 0 Å². The van der Waals surface area contributed by atoms with Crippen LogP contribution in [0.4, 0.5) is 0 Å². The van der Waals surface area contributed by atoms with E-state index in [1.165, 1.54) is 5.56 Å². The first kappa shape index (κ1) is 11.5. The number of rotatable bonds is 5. The molecule has 15 heavy (non-hydrogen) atoms. The first-order chi connectivity index (χ1) is 7.22. The van der Waals surface area contributed by atoms with Crippen molar-refractivity contribution in [2.45, 2.75) is 20.1 Å². The van der Waals surface area contributed by atoms with Crippen molar-refractivity contribution in [3.05, 3.63) is 35.4 Å². The lowest BCUT2D eigenvalue weighted by Gasteiger charge is -2.04. The maximum atomic E-state index is 5.35. The number of hydrogen-bond acceptors (Lipinski definition) is 3. The Morgan fingerprint density at radius 2 is 2.20 bits per heavy atom. The van der Waals surface area contributed by atoms with Crippen LogP contribution in [0.2, 0.25) is 0 Å². The second-order valence-corrected chi connectivity index (χ2v) is 3.36. The molecule has 0 bridgehead atoms. The minimum Gasteiger partial charge on any atom is -0.390 e. The number of nitrogens with zero attached hydrogens (tertiary/aromatic N) is 1. The average Bonchev–Trinajstić information content (AvgIpc) is 2.18. The van der Waals surface area contributed by atoms with E-state index in [1.807, 2.05) is 19.2 Å². The third-order valence-electron chi connectivity index (χ3n) is 1.81. The van der Waals surface area contributed by atoms with Crippen molar-refractivity contribution >= 4 is 5.84 Å². The minimum atomic E-state index is 0.432. The van der Waals surface area contributed by atoms with Gasteiger partial charge in [-0.15, -0.1) is 0 Å². The van der Waals surface area contributed by atoms with E-state index in [0.29, 0.717) is 12.4 Å². The second-order valence-electron chi connectivity index (χ2n) is 3.36. The van der Waals surface area contributed by atoms with Crippen molar-refractivity contribution in [1.82, 2.24) is 5.32 Å². The third-order valence-corrected chi connectivity index (χ3v) is 1.81. The van der Waals surface area contributed by atoms with Crippen molar-refractivity contribution in [2.24, 2.45) is 10.9 Å². The van der Waals surface area contributed by atoms with Crippen molar-refractivity contribution < 1.29 is 4.84 Å². The maximum absolute atomic E-state index is 5.35. The van der Waals surface area contributed by atoms with Gasteiger partial charge in [0.05, 0.1) is 0 Å². The molecular weight excluding hydrogens is 190 g/mol. The Labute approximate surface area is 90.1 Å². The van der Waals surface area contributed by atoms with Crippen LogP contribution in [0, 0.1) is 0 Å². The fourth-order valence-corrected chi connectivity index (χ4v) is 1.24. The lowest BCUT2D eigenvalue weighted by Crippen LogP contribution is -2.06. The summed E-state index contributed by atoms with van der Waals surface area (Å²) in [6, 6.07) is 8.15. The summed E-state index contributed by atoms with van der Waals surface area (Å²) in [5.41, 5.74) is 7.67. The number of hydrogen-bond donors (Lipinski definition) is 2. The molecule has 1 rings (SSSR count). The van der Waals surface area contributed by atoms with Gasteiger partial charge in [-0.1, -0.05) is 29.4 Å². The molecule has 0 unspecified atom stereocenters. The van der Waals surface area contributed by atoms with Crippen molar-refractivity contribution in [3.8, 4) is 0 Å². The van der Waals surface area contributed by atoms with Crippen LogP contribution in [0.1, 0.15) is 18.1 Å². The topological polar surface area (TPSA) is 59.6 Å². The zero-order chi connectivity index (χ0) is 11.1. The number of benzene rings is 1. The molecule has 1 aromatic carbocycles. The monoisotopic (exact) mass is 207 g/mol. The Kier molecular flexibility index (Phi) is 4.63. The van der Waals surface area contributed by atoms with E-state index in [0.717, 1.165) is 12.1 Å². The van der Waals surface area contributed by atoms with Crippen LogP contribution < -0.4 is 11.1 Å². The zero-order valence-corrected chi connectivity index (χ0v) is 9.16. The van der Waals surface area contributed by atoms with E-state index >= 15 is 0 Å². The zero-order valence-electron chi connectivity index (χ0n) is 9.16. The summed E-state index contributed by atoms with van der Waals surface area (Å²) in [4.78, 5) is 5.06. The van der Waals surface area contributed by atoms with Crippen LogP contribution in [0.15, 0.2) is 29.4 Å². The second kappa shape index (κ2) is 6.03. The first-order valence-electron chi connectivity index (χ1n) is 4.87. The van der Waals surface area contributed by atoms with Crippen LogP contribution in [0.3, 0.4) is 0 Å². The highest BCUT2D eigenvalue weighted by atomic mass is 16.6. The number of oxime groups is 1. The molecule has 0 aliphatic heterocycles. The summed E-state index contributed by atoms with van der Waals surface area (Å²) in [5.74, 6) is 0.432. The summed E-state index contributed by atoms with van der Waals surface area (Å²) in [6.45, 7) is 3.00. The summed E-state index contributed by atoms with van der Waals surface area (Å²) in [5, 5.41) is 6.77. The average molecular weight is 207 g/mol. The number of nitrogens with one attached hydrogen (secondary N) is 1. The normalized spacial score (nSPS) is 11.5. The van der Waals surface area contributed by atoms with Gasteiger partial charge in [-0.25, -0.2) is 0 Å². The summed E-state index contributed by atoms with van der Waals surface area (Å²) < 4.78 is 0. The van der Waals surface area contributed by atoms with E-state index in [9.17, 15) is 0 Å². The third kappa shape index (κ3) is 4.46. The van der Waals surface area contributed by atoms with E-state index in [1.54, 1.807) is 6.92 Å². The molecule has 0 spiro atoms. The molecular formula is C11H17N3O. The molecule has 0 aliphatic rings. The van der Waals surface area contributed by atoms with Gasteiger partial charge in [0.2, 0.25) is 0 Å². The van der Waals surface area contributed by atoms with E-state index in [4.69, 9.17) is 10.6 Å². The first-order valence-corrected chi connectivity index (χ1v) is 4.87. The molecule has 4 nitrogen and oxygen atoms in total. The molecule has 0 aromatic heterocycles. The Morgan fingerprint density at radius 3 is 2.87 bits per heavy atom. The van der Waals surface area contributed by atoms with Gasteiger partial charge in [0, 0.05) is 6.54 Å². The predicted molar refractivity (Wildman–Crippen MR) is 61.3 cm³/mol. The Morgan fingerprint density at radius 1 is 1.47 bits per heavy atom. The van der Waals surface area contributed by atoms with Gasteiger partial charge >= 0.3 is 0 Å². The molecule has 0 radical (unpaired) electrons. The van der Waals surface area contributed by atoms with Gasteiger partial charge in [0.25, 0.3) is 0 Å². The standard InChI is InChI=1S/C11H17N3O/c1-9(12)14-15-8-11-5-3-4-10(6-11)7-13-2/h3-6,13H,7-8H2,1-2H3,(H2,12,14). The van der Waals surface area contributed by atoms with Gasteiger partial charge < -0.3 is 15.9 Å². The van der Waals surface area contributed by atoms with Gasteiger partial charge in [0.1, 0.15) is 12.4 Å². The quantitative estimate of drug-likeness (QED) is 0.433. The lowest BCUT2D eigenvalue weighted by molar-refractivity contribution is 0.130. The molecule has 0 fully saturated rings. The molecule has 0 amide bonds. The van der Waals surface area contributed by atoms with Crippen molar-refractivity contribution in [3.63, 3.8) is 0 Å². The van der Waals surface area contributed by atoms with Crippen molar-refractivity contribution in [1.29, 1.82) is 0 Å². The fraction of sp³-hybridized carbons (Fsp3) is 0.364. The Bertz CT molecular complexity index is 332. The molecule has 3 N–H and O–H groups in total. The Balaban J connectivity index is 2.53. The lowest BCUT2D eigenvalue weighted by atomic mass is 10.1. The molecule has 82 valence electrons. The highest BCUT2D eigenvalue weighted by Gasteiger charge is 1.95. The van der Waals surface area contributed by atoms with E-state index in [-0.39, 0.29) is 0 Å². The van der Waals surface area contributed by atoms with Gasteiger partial charge in [-0.2, -0.15) is 0 Å². The largest absolute Gasteiger partial charge is 0.390 e. The van der Waals surface area contributed by atoms with Gasteiger partial charge in [-0.05, 0) is 25.1 Å². The Hall–Kier alpha value is -1.55. The summed E-state index contributed by atoms with van der Waals surface area (Å²) >= 11 is 0.